The summed E-state index contributed by atoms with van der Waals surface area (Å²) >= 11 is 5.93. The quantitative estimate of drug-likeness (QED) is 0.435. The number of esters is 1. The topological polar surface area (TPSA) is 128 Å². The van der Waals surface area contributed by atoms with Gasteiger partial charge >= 0.3 is 5.97 Å². The van der Waals surface area contributed by atoms with Crippen molar-refractivity contribution in [2.45, 2.75) is 12.8 Å². The van der Waals surface area contributed by atoms with E-state index in [2.05, 4.69) is 0 Å². The van der Waals surface area contributed by atoms with Crippen LogP contribution in [-0.2, 0) is 14.3 Å². The van der Waals surface area contributed by atoms with Crippen molar-refractivity contribution in [3.63, 3.8) is 0 Å². The Bertz CT molecular complexity index is 1120. The maximum atomic E-state index is 12.9. The summed E-state index contributed by atoms with van der Waals surface area (Å²) in [5.74, 6) is -1.84. The van der Waals surface area contributed by atoms with Crippen LogP contribution in [-0.4, -0.2) is 17.5 Å². The van der Waals surface area contributed by atoms with Crippen LogP contribution in [0.2, 0.25) is 5.02 Å². The largest absolute Gasteiger partial charge is 0.463 e. The van der Waals surface area contributed by atoms with Gasteiger partial charge in [0.25, 0.3) is 5.69 Å². The van der Waals surface area contributed by atoms with Crippen molar-refractivity contribution in [3.05, 3.63) is 91.8 Å². The van der Waals surface area contributed by atoms with E-state index in [-0.39, 0.29) is 45.7 Å². The number of nitrogens with zero attached hydrogens (tertiary/aromatic N) is 2. The molecule has 8 nitrogen and oxygen atoms in total. The Morgan fingerprint density at radius 3 is 2.63 bits per heavy atom. The summed E-state index contributed by atoms with van der Waals surface area (Å²) in [6.45, 7) is 1.72. The van der Waals surface area contributed by atoms with Gasteiger partial charge in [-0.2, -0.15) is 5.26 Å². The Kier molecular flexibility index (Phi) is 6.04. The van der Waals surface area contributed by atoms with Gasteiger partial charge in [0, 0.05) is 11.6 Å². The number of carbonyl (C=O) groups is 1. The molecule has 0 bridgehead atoms. The highest BCUT2D eigenvalue weighted by Crippen LogP contribution is 2.44. The van der Waals surface area contributed by atoms with Gasteiger partial charge in [-0.25, -0.2) is 4.79 Å². The van der Waals surface area contributed by atoms with E-state index in [4.69, 9.17) is 26.8 Å². The van der Waals surface area contributed by atoms with E-state index in [0.29, 0.717) is 5.56 Å². The lowest BCUT2D eigenvalue weighted by Gasteiger charge is -2.28. The summed E-state index contributed by atoms with van der Waals surface area (Å²) in [5, 5.41) is 21.0. The zero-order valence-electron chi connectivity index (χ0n) is 15.8. The minimum absolute atomic E-state index is 0.0189. The lowest BCUT2D eigenvalue weighted by atomic mass is 9.82. The molecule has 0 aliphatic carbocycles. The van der Waals surface area contributed by atoms with Crippen molar-refractivity contribution in [1.82, 2.24) is 0 Å². The second-order valence-corrected chi connectivity index (χ2v) is 6.63. The number of ether oxygens (including phenoxy) is 2. The van der Waals surface area contributed by atoms with Crippen molar-refractivity contribution < 1.29 is 19.2 Å². The van der Waals surface area contributed by atoms with E-state index in [9.17, 15) is 20.2 Å². The van der Waals surface area contributed by atoms with Crippen LogP contribution >= 0.6 is 11.6 Å². The summed E-state index contributed by atoms with van der Waals surface area (Å²) in [4.78, 5) is 23.7. The number of nitriles is 1. The fraction of sp³-hybridized carbons (Fsp3) is 0.143. The number of hydrogen-bond acceptors (Lipinski definition) is 7. The fourth-order valence-corrected chi connectivity index (χ4v) is 3.35. The molecule has 1 atom stereocenters. The molecule has 30 heavy (non-hydrogen) atoms. The molecule has 3 rings (SSSR count). The van der Waals surface area contributed by atoms with Crippen molar-refractivity contribution in [3.8, 4) is 6.07 Å². The molecule has 152 valence electrons. The number of allylic oxidation sites excluding steroid dienone is 1. The highest BCUT2D eigenvalue weighted by molar-refractivity contribution is 6.32. The number of nitro benzene ring substituents is 1. The predicted octanol–water partition coefficient (Wildman–Crippen LogP) is 4.03. The summed E-state index contributed by atoms with van der Waals surface area (Å²) in [7, 11) is 0. The SMILES string of the molecule is CCOC(=O)C1=C(c2ccccc2)OC(N)=C(C#N)C1c1ccc(Cl)c([N+](=O)[O-])c1. The van der Waals surface area contributed by atoms with Crippen LogP contribution < -0.4 is 5.73 Å². The smallest absolute Gasteiger partial charge is 0.338 e. The zero-order valence-corrected chi connectivity index (χ0v) is 16.6. The average Bonchev–Trinajstić information content (AvgIpc) is 2.74. The molecule has 1 unspecified atom stereocenters. The lowest BCUT2D eigenvalue weighted by molar-refractivity contribution is -0.384. The third-order valence-corrected chi connectivity index (χ3v) is 4.77. The molecule has 1 aliphatic rings. The van der Waals surface area contributed by atoms with E-state index in [1.54, 1.807) is 37.3 Å². The van der Waals surface area contributed by atoms with Crippen LogP contribution in [0.25, 0.3) is 5.76 Å². The van der Waals surface area contributed by atoms with Crippen LogP contribution in [0.3, 0.4) is 0 Å². The number of carbonyl (C=O) groups excluding carboxylic acids is 1. The number of rotatable bonds is 5. The van der Waals surface area contributed by atoms with E-state index in [1.807, 2.05) is 6.07 Å². The molecule has 2 aromatic rings. The highest BCUT2D eigenvalue weighted by Gasteiger charge is 2.39. The third-order valence-electron chi connectivity index (χ3n) is 4.45. The third kappa shape index (κ3) is 3.83. The monoisotopic (exact) mass is 425 g/mol. The van der Waals surface area contributed by atoms with Gasteiger partial charge < -0.3 is 15.2 Å². The normalized spacial score (nSPS) is 16.0. The van der Waals surface area contributed by atoms with Gasteiger partial charge in [0.15, 0.2) is 0 Å². The second-order valence-electron chi connectivity index (χ2n) is 6.22. The van der Waals surface area contributed by atoms with Gasteiger partial charge in [-0.15, -0.1) is 0 Å². The molecule has 0 saturated carbocycles. The molecule has 2 N–H and O–H groups in total. The first-order valence-electron chi connectivity index (χ1n) is 8.87. The van der Waals surface area contributed by atoms with Gasteiger partial charge in [0.05, 0.1) is 23.0 Å². The van der Waals surface area contributed by atoms with Crippen LogP contribution in [0.5, 0.6) is 0 Å². The van der Waals surface area contributed by atoms with Crippen molar-refractivity contribution in [2.75, 3.05) is 6.61 Å². The standard InChI is InChI=1S/C21H16ClN3O5/c1-2-29-21(26)18-17(13-8-9-15(22)16(10-13)25(27)28)14(11-23)20(24)30-19(18)12-6-4-3-5-7-12/h3-10,17H,2,24H2,1H3. The predicted molar refractivity (Wildman–Crippen MR) is 109 cm³/mol. The summed E-state index contributed by atoms with van der Waals surface area (Å²) in [6, 6.07) is 14.7. The molecule has 0 aromatic heterocycles. The molecular weight excluding hydrogens is 410 g/mol. The summed E-state index contributed by atoms with van der Waals surface area (Å²) in [5.41, 5.74) is 6.41. The van der Waals surface area contributed by atoms with Crippen LogP contribution in [0.4, 0.5) is 5.69 Å². The number of nitro groups is 1. The maximum Gasteiger partial charge on any atom is 0.338 e. The molecule has 0 amide bonds. The Balaban J connectivity index is 2.32. The Labute approximate surface area is 176 Å². The van der Waals surface area contributed by atoms with Crippen LogP contribution in [0.15, 0.2) is 65.6 Å². The van der Waals surface area contributed by atoms with Crippen molar-refractivity contribution in [2.24, 2.45) is 5.73 Å². The molecular formula is C21H16ClN3O5. The second kappa shape index (κ2) is 8.68. The molecule has 0 saturated heterocycles. The summed E-state index contributed by atoms with van der Waals surface area (Å²) in [6.07, 6.45) is 0. The van der Waals surface area contributed by atoms with E-state index >= 15 is 0 Å². The van der Waals surface area contributed by atoms with Crippen LogP contribution in [0.1, 0.15) is 24.0 Å². The molecule has 0 spiro atoms. The van der Waals surface area contributed by atoms with Gasteiger partial charge in [0.2, 0.25) is 5.88 Å². The first-order valence-corrected chi connectivity index (χ1v) is 9.25. The van der Waals surface area contributed by atoms with Crippen LogP contribution in [0, 0.1) is 21.4 Å². The molecule has 0 radical (unpaired) electrons. The van der Waals surface area contributed by atoms with Gasteiger partial charge in [0.1, 0.15) is 22.4 Å². The maximum absolute atomic E-state index is 12.9. The van der Waals surface area contributed by atoms with E-state index in [1.165, 1.54) is 18.2 Å². The Morgan fingerprint density at radius 2 is 2.03 bits per heavy atom. The first kappa shape index (κ1) is 20.9. The Morgan fingerprint density at radius 1 is 1.33 bits per heavy atom. The minimum atomic E-state index is -1.03. The molecule has 1 aliphatic heterocycles. The number of benzene rings is 2. The van der Waals surface area contributed by atoms with Gasteiger partial charge in [-0.05, 0) is 18.6 Å². The first-order chi connectivity index (χ1) is 14.4. The minimum Gasteiger partial charge on any atom is -0.463 e. The molecule has 9 heteroatoms. The van der Waals surface area contributed by atoms with Crippen molar-refractivity contribution >= 4 is 29.0 Å². The number of hydrogen-bond donors (Lipinski definition) is 1. The van der Waals surface area contributed by atoms with Crippen molar-refractivity contribution in [1.29, 1.82) is 5.26 Å². The Hall–Kier alpha value is -3.83. The van der Waals surface area contributed by atoms with E-state index < -0.39 is 16.8 Å². The highest BCUT2D eigenvalue weighted by atomic mass is 35.5. The van der Waals surface area contributed by atoms with E-state index in [0.717, 1.165) is 0 Å². The molecule has 2 aromatic carbocycles. The van der Waals surface area contributed by atoms with Gasteiger partial charge in [-0.1, -0.05) is 48.0 Å². The fourth-order valence-electron chi connectivity index (χ4n) is 3.16. The molecule has 0 fully saturated rings. The average molecular weight is 426 g/mol. The summed E-state index contributed by atoms with van der Waals surface area (Å²) < 4.78 is 10.9. The molecule has 1 heterocycles. The lowest BCUT2D eigenvalue weighted by Crippen LogP contribution is -2.26. The number of nitrogens with two attached hydrogens (primary N) is 1. The zero-order chi connectivity index (χ0) is 21.8. The number of halogens is 1. The van der Waals surface area contributed by atoms with Gasteiger partial charge in [-0.3, -0.25) is 10.1 Å².